The number of hydrogen-bond donors (Lipinski definition) is 1. The molecule has 1 saturated carbocycles. The second-order valence-electron chi connectivity index (χ2n) is 4.21. The topological polar surface area (TPSA) is 26.0 Å². The highest BCUT2D eigenvalue weighted by molar-refractivity contribution is 9.10. The van der Waals surface area contributed by atoms with Crippen molar-refractivity contribution in [3.63, 3.8) is 0 Å². The lowest BCUT2D eigenvalue weighted by Gasteiger charge is -2.16. The smallest absolute Gasteiger partial charge is 0.0461 e. The fourth-order valence-corrected chi connectivity index (χ4v) is 3.24. The van der Waals surface area contributed by atoms with E-state index in [2.05, 4.69) is 28.1 Å². The maximum Gasteiger partial charge on any atom is 0.0461 e. The molecule has 2 aliphatic rings. The van der Waals surface area contributed by atoms with Gasteiger partial charge in [0.25, 0.3) is 0 Å². The van der Waals surface area contributed by atoms with Crippen molar-refractivity contribution < 1.29 is 0 Å². The molecule has 2 bridgehead atoms. The van der Waals surface area contributed by atoms with Crippen LogP contribution in [0.25, 0.3) is 0 Å². The van der Waals surface area contributed by atoms with Gasteiger partial charge in [0, 0.05) is 10.2 Å². The minimum Gasteiger partial charge on any atom is -0.398 e. The maximum absolute atomic E-state index is 5.88. The predicted molar refractivity (Wildman–Crippen MR) is 57.9 cm³/mol. The van der Waals surface area contributed by atoms with Crippen LogP contribution in [0.2, 0.25) is 0 Å². The van der Waals surface area contributed by atoms with Gasteiger partial charge in [0.2, 0.25) is 0 Å². The van der Waals surface area contributed by atoms with E-state index in [1.807, 2.05) is 0 Å². The van der Waals surface area contributed by atoms with Crippen molar-refractivity contribution in [3.05, 3.63) is 27.7 Å². The molecule has 0 heterocycles. The molecule has 2 aliphatic carbocycles. The van der Waals surface area contributed by atoms with Crippen LogP contribution in [0.4, 0.5) is 5.69 Å². The van der Waals surface area contributed by atoms with Crippen LogP contribution in [0.5, 0.6) is 0 Å². The average Bonchev–Trinajstić information content (AvgIpc) is 2.67. The molecule has 1 nitrogen and oxygen atoms in total. The molecule has 68 valence electrons. The molecule has 0 radical (unpaired) electrons. The molecule has 1 fully saturated rings. The number of halogens is 1. The van der Waals surface area contributed by atoms with Crippen molar-refractivity contribution in [2.24, 2.45) is 0 Å². The normalized spacial score (nSPS) is 29.3. The van der Waals surface area contributed by atoms with E-state index in [1.165, 1.54) is 24.8 Å². The lowest BCUT2D eigenvalue weighted by atomic mass is 9.91. The fourth-order valence-electron chi connectivity index (χ4n) is 2.88. The van der Waals surface area contributed by atoms with E-state index >= 15 is 0 Å². The molecule has 1 aromatic rings. The number of nitrogen functional groups attached to an aromatic ring is 1. The van der Waals surface area contributed by atoms with Gasteiger partial charge in [-0.15, -0.1) is 0 Å². The van der Waals surface area contributed by atoms with E-state index < -0.39 is 0 Å². The highest BCUT2D eigenvalue weighted by Gasteiger charge is 2.36. The number of hydrogen-bond acceptors (Lipinski definition) is 1. The van der Waals surface area contributed by atoms with Gasteiger partial charge in [-0.2, -0.15) is 0 Å². The number of benzene rings is 1. The summed E-state index contributed by atoms with van der Waals surface area (Å²) in [6.07, 6.45) is 4.12. The molecule has 0 amide bonds. The van der Waals surface area contributed by atoms with E-state index in [4.69, 9.17) is 5.73 Å². The van der Waals surface area contributed by atoms with Crippen LogP contribution in [0.1, 0.15) is 42.2 Å². The quantitative estimate of drug-likeness (QED) is 0.689. The third kappa shape index (κ3) is 0.983. The first-order valence-corrected chi connectivity index (χ1v) is 5.64. The summed E-state index contributed by atoms with van der Waals surface area (Å²) in [5.41, 5.74) is 9.85. The Morgan fingerprint density at radius 1 is 1.15 bits per heavy atom. The summed E-state index contributed by atoms with van der Waals surface area (Å²) >= 11 is 3.50. The molecular formula is C11H12BrN. The zero-order valence-electron chi connectivity index (χ0n) is 7.39. The lowest BCUT2D eigenvalue weighted by Crippen LogP contribution is -1.99. The first kappa shape index (κ1) is 7.86. The monoisotopic (exact) mass is 237 g/mol. The summed E-state index contributed by atoms with van der Waals surface area (Å²) in [5.74, 6) is 1.65. The van der Waals surface area contributed by atoms with Gasteiger partial charge in [-0.1, -0.05) is 0 Å². The third-order valence-electron chi connectivity index (χ3n) is 3.51. The molecule has 13 heavy (non-hydrogen) atoms. The molecular weight excluding hydrogens is 226 g/mol. The Morgan fingerprint density at radius 3 is 2.46 bits per heavy atom. The molecule has 2 atom stereocenters. The Morgan fingerprint density at radius 2 is 1.77 bits per heavy atom. The molecule has 0 spiro atoms. The van der Waals surface area contributed by atoms with Crippen molar-refractivity contribution in [1.82, 2.24) is 0 Å². The van der Waals surface area contributed by atoms with Crippen LogP contribution in [-0.2, 0) is 0 Å². The van der Waals surface area contributed by atoms with Crippen LogP contribution in [0.15, 0.2) is 16.6 Å². The lowest BCUT2D eigenvalue weighted by molar-refractivity contribution is 0.717. The van der Waals surface area contributed by atoms with Crippen molar-refractivity contribution >= 4 is 21.6 Å². The van der Waals surface area contributed by atoms with E-state index in [1.54, 1.807) is 5.56 Å². The zero-order valence-corrected chi connectivity index (χ0v) is 8.97. The second-order valence-corrected chi connectivity index (χ2v) is 5.06. The van der Waals surface area contributed by atoms with Gasteiger partial charge in [0.1, 0.15) is 0 Å². The van der Waals surface area contributed by atoms with Crippen LogP contribution in [0.3, 0.4) is 0 Å². The standard InChI is InChI=1S/C11H12BrN/c12-10-4-8-6-1-2-7(3-6)9(8)5-11(10)13/h4-7H,1-3,13H2. The van der Waals surface area contributed by atoms with Crippen LogP contribution >= 0.6 is 15.9 Å². The summed E-state index contributed by atoms with van der Waals surface area (Å²) in [6, 6.07) is 4.40. The molecule has 2 unspecified atom stereocenters. The summed E-state index contributed by atoms with van der Waals surface area (Å²) in [7, 11) is 0. The van der Waals surface area contributed by atoms with Gasteiger partial charge in [0.15, 0.2) is 0 Å². The van der Waals surface area contributed by atoms with Crippen LogP contribution in [0, 0.1) is 0 Å². The highest BCUT2D eigenvalue weighted by atomic mass is 79.9. The number of fused-ring (bicyclic) bond motifs is 5. The largest absolute Gasteiger partial charge is 0.398 e. The maximum atomic E-state index is 5.88. The van der Waals surface area contributed by atoms with Gasteiger partial charge < -0.3 is 5.73 Å². The van der Waals surface area contributed by atoms with E-state index in [9.17, 15) is 0 Å². The molecule has 0 saturated heterocycles. The number of anilines is 1. The second kappa shape index (κ2) is 2.50. The average molecular weight is 238 g/mol. The van der Waals surface area contributed by atoms with E-state index in [0.717, 1.165) is 22.0 Å². The van der Waals surface area contributed by atoms with Crippen LogP contribution < -0.4 is 5.73 Å². The van der Waals surface area contributed by atoms with Crippen molar-refractivity contribution in [2.75, 3.05) is 5.73 Å². The zero-order chi connectivity index (χ0) is 9.00. The molecule has 0 aliphatic heterocycles. The molecule has 3 rings (SSSR count). The van der Waals surface area contributed by atoms with Gasteiger partial charge in [-0.05, 0) is 70.3 Å². The summed E-state index contributed by atoms with van der Waals surface area (Å²) in [4.78, 5) is 0. The number of nitrogens with two attached hydrogens (primary N) is 1. The SMILES string of the molecule is Nc1cc2c(cc1Br)C1CCC2C1. The highest BCUT2D eigenvalue weighted by Crippen LogP contribution is 2.54. The molecule has 2 heteroatoms. The Bertz CT molecular complexity index is 338. The molecule has 1 aromatic carbocycles. The van der Waals surface area contributed by atoms with Gasteiger partial charge in [0.05, 0.1) is 0 Å². The first-order valence-electron chi connectivity index (χ1n) is 4.84. The van der Waals surface area contributed by atoms with E-state index in [-0.39, 0.29) is 0 Å². The van der Waals surface area contributed by atoms with Gasteiger partial charge >= 0.3 is 0 Å². The van der Waals surface area contributed by atoms with Crippen LogP contribution in [-0.4, -0.2) is 0 Å². The third-order valence-corrected chi connectivity index (χ3v) is 4.20. The first-order chi connectivity index (χ1) is 6.25. The summed E-state index contributed by atoms with van der Waals surface area (Å²) < 4.78 is 1.07. The Hall–Kier alpha value is -0.500. The molecule has 0 aromatic heterocycles. The minimum atomic E-state index is 0.815. The van der Waals surface area contributed by atoms with Gasteiger partial charge in [-0.25, -0.2) is 0 Å². The molecule has 2 N–H and O–H groups in total. The fraction of sp³-hybridized carbons (Fsp3) is 0.455. The summed E-state index contributed by atoms with van der Waals surface area (Å²) in [5, 5.41) is 0. The van der Waals surface area contributed by atoms with Crippen molar-refractivity contribution in [2.45, 2.75) is 31.1 Å². The van der Waals surface area contributed by atoms with Crippen molar-refractivity contribution in [3.8, 4) is 0 Å². The van der Waals surface area contributed by atoms with Gasteiger partial charge in [-0.3, -0.25) is 0 Å². The minimum absolute atomic E-state index is 0.815. The predicted octanol–water partition coefficient (Wildman–Crippen LogP) is 3.40. The number of rotatable bonds is 0. The van der Waals surface area contributed by atoms with Crippen molar-refractivity contribution in [1.29, 1.82) is 0 Å². The Labute approximate surface area is 86.5 Å². The van der Waals surface area contributed by atoms with E-state index in [0.29, 0.717) is 0 Å². The Kier molecular flexibility index (Phi) is 1.51. The summed E-state index contributed by atoms with van der Waals surface area (Å²) in [6.45, 7) is 0. The Balaban J connectivity index is 2.22.